The van der Waals surface area contributed by atoms with E-state index in [9.17, 15) is 9.90 Å². The summed E-state index contributed by atoms with van der Waals surface area (Å²) in [5, 5.41) is 19.9. The lowest BCUT2D eigenvalue weighted by Crippen LogP contribution is -2.39. The highest BCUT2D eigenvalue weighted by molar-refractivity contribution is 14.0. The van der Waals surface area contributed by atoms with Crippen LogP contribution in [0.3, 0.4) is 0 Å². The first kappa shape index (κ1) is 28.7. The van der Waals surface area contributed by atoms with E-state index in [1.165, 1.54) is 0 Å². The highest BCUT2D eigenvalue weighted by Crippen LogP contribution is 2.20. The van der Waals surface area contributed by atoms with Crippen molar-refractivity contribution in [3.05, 3.63) is 59.7 Å². The number of hydrogen-bond acceptors (Lipinski definition) is 4. The van der Waals surface area contributed by atoms with Crippen molar-refractivity contribution in [1.82, 2.24) is 10.6 Å². The second kappa shape index (κ2) is 15.5. The van der Waals surface area contributed by atoms with Crippen LogP contribution in [-0.4, -0.2) is 36.2 Å². The first-order valence-electron chi connectivity index (χ1n) is 11.3. The van der Waals surface area contributed by atoms with E-state index in [2.05, 4.69) is 20.9 Å². The van der Waals surface area contributed by atoms with Crippen LogP contribution in [0.2, 0.25) is 0 Å². The van der Waals surface area contributed by atoms with Crippen molar-refractivity contribution < 1.29 is 14.6 Å². The number of anilines is 1. The molecule has 1 unspecified atom stereocenters. The number of halogens is 1. The second-order valence-corrected chi connectivity index (χ2v) is 7.83. The topological polar surface area (TPSA) is 95.0 Å². The maximum Gasteiger partial charge on any atom is 0.224 e. The monoisotopic (exact) mass is 568 g/mol. The Morgan fingerprint density at radius 3 is 2.55 bits per heavy atom. The number of benzene rings is 2. The molecule has 182 valence electrons. The smallest absolute Gasteiger partial charge is 0.224 e. The molecule has 1 amide bonds. The van der Waals surface area contributed by atoms with Gasteiger partial charge in [-0.2, -0.15) is 0 Å². The third-order valence-corrected chi connectivity index (χ3v) is 4.53. The van der Waals surface area contributed by atoms with Crippen LogP contribution in [0.25, 0.3) is 0 Å². The van der Waals surface area contributed by atoms with Crippen molar-refractivity contribution in [2.75, 3.05) is 18.4 Å². The van der Waals surface area contributed by atoms with E-state index in [1.54, 1.807) is 0 Å². The molecule has 2 aromatic rings. The third kappa shape index (κ3) is 10.9. The van der Waals surface area contributed by atoms with E-state index in [-0.39, 0.29) is 36.0 Å². The molecule has 7 nitrogen and oxygen atoms in total. The first-order valence-corrected chi connectivity index (χ1v) is 11.3. The van der Waals surface area contributed by atoms with E-state index in [4.69, 9.17) is 4.74 Å². The van der Waals surface area contributed by atoms with Gasteiger partial charge in [-0.1, -0.05) is 31.2 Å². The van der Waals surface area contributed by atoms with E-state index < -0.39 is 6.10 Å². The van der Waals surface area contributed by atoms with Crippen LogP contribution in [0, 0.1) is 0 Å². The summed E-state index contributed by atoms with van der Waals surface area (Å²) in [7, 11) is 0. The van der Waals surface area contributed by atoms with Crippen LogP contribution in [0.4, 0.5) is 5.69 Å². The Morgan fingerprint density at radius 2 is 1.85 bits per heavy atom. The average Bonchev–Trinajstić information content (AvgIpc) is 2.75. The molecule has 4 N–H and O–H groups in total. The van der Waals surface area contributed by atoms with Gasteiger partial charge in [-0.05, 0) is 62.6 Å². The zero-order chi connectivity index (χ0) is 23.3. The van der Waals surface area contributed by atoms with Crippen LogP contribution in [0.15, 0.2) is 53.5 Å². The Hall–Kier alpha value is -2.33. The van der Waals surface area contributed by atoms with Crippen molar-refractivity contribution in [2.24, 2.45) is 4.99 Å². The van der Waals surface area contributed by atoms with Gasteiger partial charge < -0.3 is 25.8 Å². The molecular weight excluding hydrogens is 531 g/mol. The Labute approximate surface area is 214 Å². The van der Waals surface area contributed by atoms with E-state index in [1.807, 2.05) is 76.2 Å². The number of ether oxygens (including phenoxy) is 1. The summed E-state index contributed by atoms with van der Waals surface area (Å²) in [6, 6.07) is 15.2. The lowest BCUT2D eigenvalue weighted by molar-refractivity contribution is -0.116. The van der Waals surface area contributed by atoms with Gasteiger partial charge in [-0.25, -0.2) is 4.99 Å². The number of rotatable bonds is 11. The predicted molar refractivity (Wildman–Crippen MR) is 145 cm³/mol. The summed E-state index contributed by atoms with van der Waals surface area (Å²) < 4.78 is 5.71. The number of amides is 1. The second-order valence-electron chi connectivity index (χ2n) is 7.83. The largest absolute Gasteiger partial charge is 0.491 e. The first-order chi connectivity index (χ1) is 15.4. The summed E-state index contributed by atoms with van der Waals surface area (Å²) in [4.78, 5) is 16.4. The molecule has 0 aromatic heterocycles. The zero-order valence-electron chi connectivity index (χ0n) is 19.9. The molecule has 0 fully saturated rings. The molecule has 8 heteroatoms. The number of guanidine groups is 1. The van der Waals surface area contributed by atoms with Gasteiger partial charge in [0.25, 0.3) is 0 Å². The maximum atomic E-state index is 11.8. The molecule has 0 aliphatic rings. The van der Waals surface area contributed by atoms with Crippen molar-refractivity contribution in [2.45, 2.75) is 59.3 Å². The molecule has 2 rings (SSSR count). The molecule has 0 saturated heterocycles. The van der Waals surface area contributed by atoms with Crippen molar-refractivity contribution in [1.29, 1.82) is 0 Å². The fraction of sp³-hybridized carbons (Fsp3) is 0.440. The Balaban J connectivity index is 0.00000544. The standard InChI is InChI=1S/C25H36N4O3.HI/c1-5-9-24(31)29-21-12-7-10-19(14-21)16-27-25(26-6-2)28-17-23(30)20-11-8-13-22(15-20)32-18(3)4;/h7-8,10-15,18,23,30H,5-6,9,16-17H2,1-4H3,(H,29,31)(H2,26,27,28);1H. The van der Waals surface area contributed by atoms with Gasteiger partial charge in [0.1, 0.15) is 5.75 Å². The van der Waals surface area contributed by atoms with Crippen LogP contribution >= 0.6 is 24.0 Å². The van der Waals surface area contributed by atoms with Gasteiger partial charge in [-0.15, -0.1) is 24.0 Å². The Kier molecular flexibility index (Phi) is 13.5. The quantitative estimate of drug-likeness (QED) is 0.180. The lowest BCUT2D eigenvalue weighted by atomic mass is 10.1. The minimum atomic E-state index is -0.702. The van der Waals surface area contributed by atoms with E-state index in [0.717, 1.165) is 29.0 Å². The number of aliphatic imine (C=N–C) groups is 1. The number of nitrogens with zero attached hydrogens (tertiary/aromatic N) is 1. The van der Waals surface area contributed by atoms with Gasteiger partial charge in [-0.3, -0.25) is 4.79 Å². The molecule has 0 bridgehead atoms. The van der Waals surface area contributed by atoms with E-state index >= 15 is 0 Å². The van der Waals surface area contributed by atoms with E-state index in [0.29, 0.717) is 32.0 Å². The summed E-state index contributed by atoms with van der Waals surface area (Å²) in [5.41, 5.74) is 2.53. The summed E-state index contributed by atoms with van der Waals surface area (Å²) >= 11 is 0. The predicted octanol–water partition coefficient (Wildman–Crippen LogP) is 4.62. The zero-order valence-corrected chi connectivity index (χ0v) is 22.3. The fourth-order valence-electron chi connectivity index (χ4n) is 3.09. The fourth-order valence-corrected chi connectivity index (χ4v) is 3.09. The minimum Gasteiger partial charge on any atom is -0.491 e. The van der Waals surface area contributed by atoms with Crippen LogP contribution in [0.5, 0.6) is 5.75 Å². The van der Waals surface area contributed by atoms with Crippen molar-refractivity contribution in [3.63, 3.8) is 0 Å². The summed E-state index contributed by atoms with van der Waals surface area (Å²) in [5.74, 6) is 1.37. The molecule has 2 aromatic carbocycles. The van der Waals surface area contributed by atoms with Gasteiger partial charge in [0.2, 0.25) is 5.91 Å². The summed E-state index contributed by atoms with van der Waals surface area (Å²) in [6.45, 7) is 9.37. The van der Waals surface area contributed by atoms with Crippen molar-refractivity contribution in [3.8, 4) is 5.75 Å². The maximum absolute atomic E-state index is 11.8. The molecule has 0 aliphatic carbocycles. The highest BCUT2D eigenvalue weighted by atomic mass is 127. The molecule has 0 saturated carbocycles. The average molecular weight is 569 g/mol. The molecule has 33 heavy (non-hydrogen) atoms. The number of carbonyl (C=O) groups is 1. The van der Waals surface area contributed by atoms with Gasteiger partial charge in [0.05, 0.1) is 18.8 Å². The Morgan fingerprint density at radius 1 is 1.09 bits per heavy atom. The number of carbonyl (C=O) groups excluding carboxylic acids is 1. The van der Waals surface area contributed by atoms with Crippen LogP contribution in [-0.2, 0) is 11.3 Å². The number of aliphatic hydroxyl groups excluding tert-OH is 1. The SMILES string of the molecule is CCCC(=O)Nc1cccc(CN=C(NCC)NCC(O)c2cccc(OC(C)C)c2)c1.I. The lowest BCUT2D eigenvalue weighted by Gasteiger charge is -2.17. The van der Waals surface area contributed by atoms with Gasteiger partial charge in [0.15, 0.2) is 5.96 Å². The normalized spacial score (nSPS) is 12.0. The molecule has 0 radical (unpaired) electrons. The molecule has 0 heterocycles. The van der Waals surface area contributed by atoms with Gasteiger partial charge >= 0.3 is 0 Å². The third-order valence-electron chi connectivity index (χ3n) is 4.53. The number of nitrogens with one attached hydrogen (secondary N) is 3. The molecule has 0 spiro atoms. The van der Waals surface area contributed by atoms with Crippen LogP contribution in [0.1, 0.15) is 57.8 Å². The van der Waals surface area contributed by atoms with Crippen LogP contribution < -0.4 is 20.7 Å². The van der Waals surface area contributed by atoms with Gasteiger partial charge in [0, 0.05) is 25.2 Å². The summed E-state index contributed by atoms with van der Waals surface area (Å²) in [6.07, 6.45) is 0.693. The molecular formula is C25H37IN4O3. The minimum absolute atomic E-state index is 0. The molecule has 0 aliphatic heterocycles. The van der Waals surface area contributed by atoms with Crippen molar-refractivity contribution >= 4 is 41.5 Å². The number of aliphatic hydroxyl groups is 1. The highest BCUT2D eigenvalue weighted by Gasteiger charge is 2.10. The number of hydrogen-bond donors (Lipinski definition) is 4. The molecule has 1 atom stereocenters. The Bertz CT molecular complexity index is 889.